The van der Waals surface area contributed by atoms with Gasteiger partial charge in [0.1, 0.15) is 0 Å². The Morgan fingerprint density at radius 3 is 2.66 bits per heavy atom. The predicted octanol–water partition coefficient (Wildman–Crippen LogP) is 3.57. The number of nitro benzene ring substituents is 1. The van der Waals surface area contributed by atoms with Crippen LogP contribution in [0.25, 0.3) is 22.2 Å². The number of amides is 1. The van der Waals surface area contributed by atoms with Crippen LogP contribution >= 0.6 is 0 Å². The van der Waals surface area contributed by atoms with Gasteiger partial charge in [0.05, 0.1) is 16.9 Å². The summed E-state index contributed by atoms with van der Waals surface area (Å²) >= 11 is 0. The zero-order chi connectivity index (χ0) is 24.5. The molecule has 0 saturated heterocycles. The van der Waals surface area contributed by atoms with Crippen molar-refractivity contribution in [3.05, 3.63) is 80.6 Å². The lowest BCUT2D eigenvalue weighted by Crippen LogP contribution is -2.35. The van der Waals surface area contributed by atoms with Gasteiger partial charge in [-0.05, 0) is 31.4 Å². The number of carbonyl (C=O) groups excluding carboxylic acids is 1. The van der Waals surface area contributed by atoms with Crippen molar-refractivity contribution >= 4 is 22.4 Å². The van der Waals surface area contributed by atoms with E-state index in [1.165, 1.54) is 16.8 Å². The van der Waals surface area contributed by atoms with Crippen molar-refractivity contribution in [1.82, 2.24) is 24.9 Å². The fraction of sp³-hybridized carbons (Fsp3) is 0.292. The molecule has 0 bridgehead atoms. The number of carbonyl (C=O) groups is 1. The van der Waals surface area contributed by atoms with Crippen LogP contribution in [0, 0.1) is 10.1 Å². The molecule has 35 heavy (non-hydrogen) atoms. The highest BCUT2D eigenvalue weighted by molar-refractivity contribution is 6.05. The minimum absolute atomic E-state index is 0.00257. The van der Waals surface area contributed by atoms with E-state index in [0.717, 1.165) is 12.8 Å². The summed E-state index contributed by atoms with van der Waals surface area (Å²) in [5.41, 5.74) is 0.313. The van der Waals surface area contributed by atoms with Crippen molar-refractivity contribution in [2.24, 2.45) is 0 Å². The molecule has 0 aliphatic heterocycles. The molecule has 1 amide bonds. The first-order chi connectivity index (χ1) is 17.0. The second-order valence-electron chi connectivity index (χ2n) is 8.40. The molecule has 0 N–H and O–H groups in total. The number of aromatic nitrogens is 4. The summed E-state index contributed by atoms with van der Waals surface area (Å²) in [6.45, 7) is 2.41. The van der Waals surface area contributed by atoms with Crippen molar-refractivity contribution in [2.75, 3.05) is 0 Å². The highest BCUT2D eigenvalue weighted by Gasteiger charge is 2.36. The molecular weight excluding hydrogens is 452 g/mol. The van der Waals surface area contributed by atoms with Crippen molar-refractivity contribution in [3.8, 4) is 11.5 Å². The van der Waals surface area contributed by atoms with Crippen LogP contribution < -0.4 is 5.56 Å². The quantitative estimate of drug-likeness (QED) is 0.279. The molecule has 2 aromatic heterocycles. The van der Waals surface area contributed by atoms with Crippen LogP contribution in [0.2, 0.25) is 0 Å². The fourth-order valence-corrected chi connectivity index (χ4v) is 3.98. The van der Waals surface area contributed by atoms with Crippen LogP contribution in [-0.4, -0.2) is 41.8 Å². The molecular formula is C24H22N6O5. The Morgan fingerprint density at radius 2 is 1.94 bits per heavy atom. The third-order valence-corrected chi connectivity index (χ3v) is 5.83. The van der Waals surface area contributed by atoms with Crippen molar-refractivity contribution in [1.29, 1.82) is 0 Å². The van der Waals surface area contributed by atoms with Crippen molar-refractivity contribution in [3.63, 3.8) is 0 Å². The Morgan fingerprint density at radius 1 is 1.17 bits per heavy atom. The standard InChI is InChI=1S/C24H22N6O5/c1-2-12-29-23(31)19-9-4-3-8-18(19)21(27-29)24(32)28(16-10-11-16)14-20-25-26-22(35-20)15-6-5-7-17(13-15)30(33)34/h3-9,13,16H,2,10-12,14H2,1H3. The largest absolute Gasteiger partial charge is 0.419 e. The summed E-state index contributed by atoms with van der Waals surface area (Å²) in [7, 11) is 0. The Hall–Kier alpha value is -4.41. The first kappa shape index (κ1) is 22.4. The van der Waals surface area contributed by atoms with E-state index >= 15 is 0 Å². The lowest BCUT2D eigenvalue weighted by Gasteiger charge is -2.21. The van der Waals surface area contributed by atoms with Gasteiger partial charge in [0, 0.05) is 35.7 Å². The first-order valence-electron chi connectivity index (χ1n) is 11.3. The molecule has 0 spiro atoms. The number of hydrogen-bond donors (Lipinski definition) is 0. The van der Waals surface area contributed by atoms with E-state index < -0.39 is 4.92 Å². The zero-order valence-electron chi connectivity index (χ0n) is 19.0. The predicted molar refractivity (Wildman–Crippen MR) is 126 cm³/mol. The topological polar surface area (TPSA) is 137 Å². The van der Waals surface area contributed by atoms with Gasteiger partial charge in [0.15, 0.2) is 5.69 Å². The number of fused-ring (bicyclic) bond motifs is 1. The molecule has 2 heterocycles. The smallest absolute Gasteiger partial charge is 0.275 e. The summed E-state index contributed by atoms with van der Waals surface area (Å²) in [5.74, 6) is 0.0218. The Labute approximate surface area is 199 Å². The molecule has 11 heteroatoms. The van der Waals surface area contributed by atoms with Crippen LogP contribution in [0.1, 0.15) is 42.6 Å². The van der Waals surface area contributed by atoms with E-state index in [2.05, 4.69) is 15.3 Å². The molecule has 178 valence electrons. The summed E-state index contributed by atoms with van der Waals surface area (Å²) in [6, 6.07) is 12.9. The van der Waals surface area contributed by atoms with Gasteiger partial charge in [-0.2, -0.15) is 5.10 Å². The average molecular weight is 474 g/mol. The third kappa shape index (κ3) is 4.39. The summed E-state index contributed by atoms with van der Waals surface area (Å²) in [5, 5.41) is 24.5. The highest BCUT2D eigenvalue weighted by Crippen LogP contribution is 2.31. The second-order valence-corrected chi connectivity index (χ2v) is 8.40. The van der Waals surface area contributed by atoms with Gasteiger partial charge < -0.3 is 9.32 Å². The SMILES string of the molecule is CCCn1nc(C(=O)N(Cc2nnc(-c3cccc([N+](=O)[O-])c3)o2)C2CC2)c2ccccc2c1=O. The molecule has 1 aliphatic carbocycles. The number of aryl methyl sites for hydroxylation is 1. The summed E-state index contributed by atoms with van der Waals surface area (Å²) in [6.07, 6.45) is 2.38. The average Bonchev–Trinajstić information content (AvgIpc) is 3.61. The normalized spacial score (nSPS) is 13.2. The van der Waals surface area contributed by atoms with E-state index in [1.807, 2.05) is 6.92 Å². The number of hydrogen-bond acceptors (Lipinski definition) is 8. The second kappa shape index (κ2) is 9.09. The van der Waals surface area contributed by atoms with Crippen LogP contribution in [0.3, 0.4) is 0 Å². The van der Waals surface area contributed by atoms with E-state index in [9.17, 15) is 19.7 Å². The molecule has 0 unspecified atom stereocenters. The number of benzene rings is 2. The highest BCUT2D eigenvalue weighted by atomic mass is 16.6. The van der Waals surface area contributed by atoms with E-state index in [0.29, 0.717) is 29.3 Å². The van der Waals surface area contributed by atoms with E-state index in [-0.39, 0.29) is 47.2 Å². The first-order valence-corrected chi connectivity index (χ1v) is 11.3. The third-order valence-electron chi connectivity index (χ3n) is 5.83. The van der Waals surface area contributed by atoms with Gasteiger partial charge in [-0.1, -0.05) is 31.2 Å². The van der Waals surface area contributed by atoms with E-state index in [1.54, 1.807) is 41.3 Å². The van der Waals surface area contributed by atoms with E-state index in [4.69, 9.17) is 4.42 Å². The molecule has 1 aliphatic rings. The molecule has 1 fully saturated rings. The molecule has 0 atom stereocenters. The van der Waals surface area contributed by atoms with Crippen LogP contribution in [-0.2, 0) is 13.1 Å². The van der Waals surface area contributed by atoms with Gasteiger partial charge in [0.2, 0.25) is 11.8 Å². The lowest BCUT2D eigenvalue weighted by atomic mass is 10.1. The van der Waals surface area contributed by atoms with Crippen LogP contribution in [0.15, 0.2) is 57.7 Å². The Kier molecular flexibility index (Phi) is 5.81. The van der Waals surface area contributed by atoms with Gasteiger partial charge in [-0.25, -0.2) is 4.68 Å². The van der Waals surface area contributed by atoms with Crippen molar-refractivity contribution < 1.29 is 14.1 Å². The molecule has 2 aromatic carbocycles. The van der Waals surface area contributed by atoms with Gasteiger partial charge >= 0.3 is 0 Å². The maximum Gasteiger partial charge on any atom is 0.275 e. The number of non-ortho nitro benzene ring substituents is 1. The zero-order valence-corrected chi connectivity index (χ0v) is 19.0. The van der Waals surface area contributed by atoms with Gasteiger partial charge in [-0.15, -0.1) is 10.2 Å². The Balaban J connectivity index is 1.47. The molecule has 11 nitrogen and oxygen atoms in total. The number of nitrogens with zero attached hydrogens (tertiary/aromatic N) is 6. The number of nitro groups is 1. The van der Waals surface area contributed by atoms with Gasteiger partial charge in [-0.3, -0.25) is 19.7 Å². The van der Waals surface area contributed by atoms with Crippen LogP contribution in [0.5, 0.6) is 0 Å². The minimum atomic E-state index is -0.496. The minimum Gasteiger partial charge on any atom is -0.419 e. The monoisotopic (exact) mass is 474 g/mol. The molecule has 4 aromatic rings. The maximum absolute atomic E-state index is 13.7. The molecule has 5 rings (SSSR count). The van der Waals surface area contributed by atoms with Crippen LogP contribution in [0.4, 0.5) is 5.69 Å². The molecule has 1 saturated carbocycles. The fourth-order valence-electron chi connectivity index (χ4n) is 3.98. The molecule has 0 radical (unpaired) electrons. The Bertz CT molecular complexity index is 1490. The number of rotatable bonds is 8. The summed E-state index contributed by atoms with van der Waals surface area (Å²) in [4.78, 5) is 38.7. The van der Waals surface area contributed by atoms with Crippen molar-refractivity contribution in [2.45, 2.75) is 45.3 Å². The lowest BCUT2D eigenvalue weighted by molar-refractivity contribution is -0.384. The van der Waals surface area contributed by atoms with Gasteiger partial charge in [0.25, 0.3) is 17.2 Å². The maximum atomic E-state index is 13.7. The summed E-state index contributed by atoms with van der Waals surface area (Å²) < 4.78 is 7.09.